The fourth-order valence-electron chi connectivity index (χ4n) is 9.53. The first-order chi connectivity index (χ1) is 31.2. The van der Waals surface area contributed by atoms with Crippen molar-refractivity contribution in [2.24, 2.45) is 0 Å². The van der Waals surface area contributed by atoms with Gasteiger partial charge in [-0.05, 0) is 71.8 Å². The fraction of sp³-hybridized carbons (Fsp3) is 0. The highest BCUT2D eigenvalue weighted by Gasteiger charge is 2.24. The second kappa shape index (κ2) is 14.0. The first-order valence-corrected chi connectivity index (χ1v) is 21.2. The third-order valence-electron chi connectivity index (χ3n) is 12.4. The van der Waals surface area contributed by atoms with E-state index in [1.165, 1.54) is 32.6 Å². The summed E-state index contributed by atoms with van der Waals surface area (Å²) < 4.78 is 11.7. The Kier molecular flexibility index (Phi) is 7.80. The van der Waals surface area contributed by atoms with Crippen LogP contribution in [0.15, 0.2) is 217 Å². The Hall–Kier alpha value is -8.61. The molecule has 0 aliphatic heterocycles. The van der Waals surface area contributed by atoms with Gasteiger partial charge in [0, 0.05) is 43.7 Å². The van der Waals surface area contributed by atoms with Gasteiger partial charge >= 0.3 is 0 Å². The summed E-state index contributed by atoms with van der Waals surface area (Å²) in [5, 5.41) is 6.76. The van der Waals surface area contributed by atoms with Gasteiger partial charge in [-0.1, -0.05) is 152 Å². The molecule has 4 aromatic heterocycles. The highest BCUT2D eigenvalue weighted by Crippen LogP contribution is 2.44. The van der Waals surface area contributed by atoms with Crippen LogP contribution in [0.2, 0.25) is 0 Å². The molecule has 0 spiro atoms. The summed E-state index contributed by atoms with van der Waals surface area (Å²) in [6.45, 7) is 0. The number of fused-ring (bicyclic) bond motifs is 9. The monoisotopic (exact) mass is 805 g/mol. The number of hydrogen-bond donors (Lipinski definition) is 0. The van der Waals surface area contributed by atoms with Gasteiger partial charge in [0.05, 0.1) is 38.7 Å². The molecule has 0 unspecified atom stereocenters. The minimum atomic E-state index is 0.539. The Morgan fingerprint density at radius 1 is 0.333 bits per heavy atom. The predicted octanol–water partition coefficient (Wildman–Crippen LogP) is 14.6. The van der Waals surface area contributed by atoms with Crippen LogP contribution in [0.4, 0.5) is 0 Å². The van der Waals surface area contributed by atoms with Crippen molar-refractivity contribution in [1.29, 1.82) is 0 Å². The van der Waals surface area contributed by atoms with E-state index in [4.69, 9.17) is 19.4 Å². The second-order valence-electron chi connectivity index (χ2n) is 16.0. The summed E-state index contributed by atoms with van der Waals surface area (Å²) >= 11 is 0. The first-order valence-electron chi connectivity index (χ1n) is 21.2. The number of furan rings is 1. The number of nitrogens with zero attached hydrogens (tertiary/aromatic N) is 5. The molecule has 0 N–H and O–H groups in total. The molecule has 0 amide bonds. The fourth-order valence-corrected chi connectivity index (χ4v) is 9.53. The van der Waals surface area contributed by atoms with Crippen LogP contribution in [-0.2, 0) is 0 Å². The van der Waals surface area contributed by atoms with Crippen molar-refractivity contribution >= 4 is 65.6 Å². The maximum Gasteiger partial charge on any atom is 0.167 e. The highest BCUT2D eigenvalue weighted by molar-refractivity contribution is 6.21. The predicted molar refractivity (Wildman–Crippen MR) is 258 cm³/mol. The number of para-hydroxylation sites is 4. The van der Waals surface area contributed by atoms with Crippen LogP contribution < -0.4 is 0 Å². The molecule has 0 bridgehead atoms. The third kappa shape index (κ3) is 5.55. The molecule has 0 aliphatic carbocycles. The van der Waals surface area contributed by atoms with Crippen molar-refractivity contribution < 1.29 is 4.42 Å². The number of benzene rings is 9. The lowest BCUT2D eigenvalue weighted by Crippen LogP contribution is -2.01. The average Bonchev–Trinajstić information content (AvgIpc) is 4.02. The molecular weight excluding hydrogens is 771 g/mol. The molecule has 6 heteroatoms. The van der Waals surface area contributed by atoms with Crippen LogP contribution >= 0.6 is 0 Å². The van der Waals surface area contributed by atoms with Crippen molar-refractivity contribution in [3.8, 4) is 56.7 Å². The molecule has 294 valence electrons. The van der Waals surface area contributed by atoms with Crippen molar-refractivity contribution in [1.82, 2.24) is 24.1 Å². The van der Waals surface area contributed by atoms with Crippen LogP contribution in [0.25, 0.3) is 122 Å². The Balaban J connectivity index is 1.08. The van der Waals surface area contributed by atoms with Crippen molar-refractivity contribution in [2.45, 2.75) is 0 Å². The summed E-state index contributed by atoms with van der Waals surface area (Å²) in [6.07, 6.45) is 0. The highest BCUT2D eigenvalue weighted by atomic mass is 16.3. The molecule has 6 nitrogen and oxygen atoms in total. The van der Waals surface area contributed by atoms with Gasteiger partial charge in [0.25, 0.3) is 0 Å². The normalized spacial score (nSPS) is 11.8. The minimum absolute atomic E-state index is 0.539. The summed E-state index contributed by atoms with van der Waals surface area (Å²) in [5.74, 6) is 1.72. The smallest absolute Gasteiger partial charge is 0.167 e. The lowest BCUT2D eigenvalue weighted by atomic mass is 10.0. The molecular formula is C57H35N5O. The molecule has 9 aromatic carbocycles. The standard InChI is InChI=1S/C57H35N5O/c1-4-17-36(18-5-1)38-21-16-22-39(33-38)56-58-55(37-19-6-2-7-20-37)59-57(60-56)44-31-32-49(53-43-27-12-15-30-52(43)63-54(44)53)62-48-29-14-11-26-42(48)46-34-50-45(35-51(46)62)41-25-10-13-28-47(41)61(50)40-23-8-3-9-24-40/h1-35H. The van der Waals surface area contributed by atoms with Crippen molar-refractivity contribution in [3.63, 3.8) is 0 Å². The van der Waals surface area contributed by atoms with E-state index in [0.717, 1.165) is 72.2 Å². The molecule has 13 aromatic rings. The van der Waals surface area contributed by atoms with Crippen LogP contribution in [0.5, 0.6) is 0 Å². The van der Waals surface area contributed by atoms with E-state index in [1.807, 2.05) is 48.5 Å². The van der Waals surface area contributed by atoms with Crippen LogP contribution in [0, 0.1) is 0 Å². The number of rotatable bonds is 6. The lowest BCUT2D eigenvalue weighted by Gasteiger charge is -2.13. The van der Waals surface area contributed by atoms with E-state index in [2.05, 4.69) is 173 Å². The summed E-state index contributed by atoms with van der Waals surface area (Å²) in [4.78, 5) is 15.5. The van der Waals surface area contributed by atoms with Gasteiger partial charge in [0.1, 0.15) is 11.2 Å². The van der Waals surface area contributed by atoms with Crippen LogP contribution in [0.3, 0.4) is 0 Å². The number of aromatic nitrogens is 5. The van der Waals surface area contributed by atoms with Gasteiger partial charge in [-0.15, -0.1) is 0 Å². The van der Waals surface area contributed by atoms with E-state index in [9.17, 15) is 0 Å². The maximum atomic E-state index is 6.93. The molecule has 0 saturated carbocycles. The minimum Gasteiger partial charge on any atom is -0.455 e. The molecule has 0 aliphatic rings. The quantitative estimate of drug-likeness (QED) is 0.168. The summed E-state index contributed by atoms with van der Waals surface area (Å²) in [7, 11) is 0. The van der Waals surface area contributed by atoms with Gasteiger partial charge in [-0.2, -0.15) is 0 Å². The van der Waals surface area contributed by atoms with Crippen molar-refractivity contribution in [3.05, 3.63) is 212 Å². The molecule has 13 rings (SSSR count). The summed E-state index contributed by atoms with van der Waals surface area (Å²) in [5.41, 5.74) is 13.1. The SMILES string of the molecule is c1ccc(-c2cccc(-c3nc(-c4ccccc4)nc(-c4ccc(-n5c6ccccc6c6cc7c(cc65)c5ccccc5n7-c5ccccc5)c5c4oc4ccccc45)n3)c2)cc1. The zero-order valence-electron chi connectivity index (χ0n) is 33.9. The molecule has 0 saturated heterocycles. The van der Waals surface area contributed by atoms with Gasteiger partial charge in [-0.25, -0.2) is 15.0 Å². The van der Waals surface area contributed by atoms with E-state index >= 15 is 0 Å². The van der Waals surface area contributed by atoms with E-state index in [0.29, 0.717) is 17.5 Å². The topological polar surface area (TPSA) is 61.7 Å². The van der Waals surface area contributed by atoms with Gasteiger partial charge < -0.3 is 13.6 Å². The first kappa shape index (κ1) is 35.2. The molecule has 0 atom stereocenters. The molecule has 4 heterocycles. The van der Waals surface area contributed by atoms with Crippen molar-refractivity contribution in [2.75, 3.05) is 0 Å². The van der Waals surface area contributed by atoms with E-state index in [1.54, 1.807) is 0 Å². The van der Waals surface area contributed by atoms with Gasteiger partial charge in [0.15, 0.2) is 17.5 Å². The van der Waals surface area contributed by atoms with Gasteiger partial charge in [-0.3, -0.25) is 0 Å². The average molecular weight is 806 g/mol. The Morgan fingerprint density at radius 3 is 1.57 bits per heavy atom. The lowest BCUT2D eigenvalue weighted by molar-refractivity contribution is 0.669. The van der Waals surface area contributed by atoms with E-state index in [-0.39, 0.29) is 0 Å². The third-order valence-corrected chi connectivity index (χ3v) is 12.4. The van der Waals surface area contributed by atoms with Crippen LogP contribution in [-0.4, -0.2) is 24.1 Å². The Labute approximate surface area is 361 Å². The Bertz CT molecular complexity index is 3900. The zero-order chi connectivity index (χ0) is 41.4. The Morgan fingerprint density at radius 2 is 0.857 bits per heavy atom. The second-order valence-corrected chi connectivity index (χ2v) is 16.0. The summed E-state index contributed by atoms with van der Waals surface area (Å²) in [6, 6.07) is 74.4. The van der Waals surface area contributed by atoms with Gasteiger partial charge in [0.2, 0.25) is 0 Å². The van der Waals surface area contributed by atoms with Crippen LogP contribution in [0.1, 0.15) is 0 Å². The maximum absolute atomic E-state index is 6.93. The molecule has 0 radical (unpaired) electrons. The largest absolute Gasteiger partial charge is 0.455 e. The number of hydrogen-bond acceptors (Lipinski definition) is 4. The molecule has 63 heavy (non-hydrogen) atoms. The molecule has 0 fully saturated rings. The van der Waals surface area contributed by atoms with E-state index < -0.39 is 0 Å². The zero-order valence-corrected chi connectivity index (χ0v) is 33.9.